The maximum absolute atomic E-state index is 13.1. The average Bonchev–Trinajstić information content (AvgIpc) is 2.84. The quantitative estimate of drug-likeness (QED) is 0.658. The van der Waals surface area contributed by atoms with Crippen LogP contribution >= 0.6 is 0 Å². The van der Waals surface area contributed by atoms with Gasteiger partial charge in [0, 0.05) is 18.8 Å². The molecular formula is C26H31N3O5. The van der Waals surface area contributed by atoms with E-state index < -0.39 is 12.1 Å². The van der Waals surface area contributed by atoms with Crippen LogP contribution in [0.4, 0.5) is 11.4 Å². The van der Waals surface area contributed by atoms with Crippen molar-refractivity contribution < 1.29 is 23.9 Å². The van der Waals surface area contributed by atoms with Gasteiger partial charge in [0.15, 0.2) is 6.10 Å². The van der Waals surface area contributed by atoms with E-state index in [9.17, 15) is 14.4 Å². The average molecular weight is 466 g/mol. The normalized spacial score (nSPS) is 17.6. The summed E-state index contributed by atoms with van der Waals surface area (Å²) in [6, 6.07) is 14.0. The second kappa shape index (κ2) is 10.6. The molecule has 1 N–H and O–H groups in total. The van der Waals surface area contributed by atoms with Crippen LogP contribution in [0.2, 0.25) is 0 Å². The van der Waals surface area contributed by atoms with Gasteiger partial charge in [-0.15, -0.1) is 0 Å². The van der Waals surface area contributed by atoms with E-state index in [2.05, 4.69) is 5.32 Å². The second-order valence-electron chi connectivity index (χ2n) is 8.92. The van der Waals surface area contributed by atoms with Crippen LogP contribution in [0.5, 0.6) is 5.75 Å². The first kappa shape index (κ1) is 23.6. The molecule has 0 spiro atoms. The molecule has 1 saturated heterocycles. The van der Waals surface area contributed by atoms with Crippen LogP contribution < -0.4 is 15.0 Å². The lowest BCUT2D eigenvalue weighted by Crippen LogP contribution is -2.52. The van der Waals surface area contributed by atoms with Gasteiger partial charge < -0.3 is 24.6 Å². The Morgan fingerprint density at radius 3 is 2.44 bits per heavy atom. The Morgan fingerprint density at radius 1 is 1.03 bits per heavy atom. The summed E-state index contributed by atoms with van der Waals surface area (Å²) in [6.07, 6.45) is 2.31. The van der Waals surface area contributed by atoms with Crippen molar-refractivity contribution in [1.29, 1.82) is 0 Å². The number of esters is 1. The fourth-order valence-electron chi connectivity index (χ4n) is 4.25. The molecular weight excluding hydrogens is 434 g/mol. The number of benzene rings is 2. The first-order valence-corrected chi connectivity index (χ1v) is 11.8. The third kappa shape index (κ3) is 5.68. The molecule has 180 valence electrons. The summed E-state index contributed by atoms with van der Waals surface area (Å²) in [5, 5.41) is 2.87. The summed E-state index contributed by atoms with van der Waals surface area (Å²) >= 11 is 0. The molecule has 4 rings (SSSR count). The number of carbonyl (C=O) groups is 3. The van der Waals surface area contributed by atoms with Crippen LogP contribution in [-0.4, -0.2) is 61.1 Å². The number of fused-ring (bicyclic) bond motifs is 1. The van der Waals surface area contributed by atoms with Crippen molar-refractivity contribution in [2.75, 3.05) is 36.4 Å². The number of ether oxygens (including phenoxy) is 2. The Hall–Kier alpha value is -3.55. The smallest absolute Gasteiger partial charge is 0.338 e. The summed E-state index contributed by atoms with van der Waals surface area (Å²) in [7, 11) is 0. The van der Waals surface area contributed by atoms with Gasteiger partial charge in [-0.25, -0.2) is 4.79 Å². The highest BCUT2D eigenvalue weighted by molar-refractivity contribution is 5.96. The van der Waals surface area contributed by atoms with E-state index >= 15 is 0 Å². The zero-order valence-corrected chi connectivity index (χ0v) is 19.7. The molecule has 1 fully saturated rings. The minimum Gasteiger partial charge on any atom is -0.477 e. The summed E-state index contributed by atoms with van der Waals surface area (Å²) in [5.74, 6) is -0.0472. The summed E-state index contributed by atoms with van der Waals surface area (Å²) in [6.45, 7) is 5.46. The van der Waals surface area contributed by atoms with Gasteiger partial charge in [0.25, 0.3) is 5.91 Å². The highest BCUT2D eigenvalue weighted by Gasteiger charge is 2.34. The van der Waals surface area contributed by atoms with E-state index in [0.717, 1.165) is 38.0 Å². The Labute approximate surface area is 199 Å². The van der Waals surface area contributed by atoms with Crippen molar-refractivity contribution in [3.63, 3.8) is 0 Å². The number of carbonyl (C=O) groups excluding carboxylic acids is 3. The monoisotopic (exact) mass is 465 g/mol. The number of para-hydroxylation sites is 2. The predicted octanol–water partition coefficient (Wildman–Crippen LogP) is 3.47. The van der Waals surface area contributed by atoms with E-state index in [1.54, 1.807) is 38.1 Å². The molecule has 34 heavy (non-hydrogen) atoms. The molecule has 0 aromatic heterocycles. The van der Waals surface area contributed by atoms with Crippen molar-refractivity contribution in [3.05, 3.63) is 54.1 Å². The van der Waals surface area contributed by atoms with Crippen LogP contribution in [0, 0.1) is 0 Å². The topological polar surface area (TPSA) is 88.2 Å². The first-order valence-electron chi connectivity index (χ1n) is 11.8. The number of hydrogen-bond acceptors (Lipinski definition) is 6. The largest absolute Gasteiger partial charge is 0.477 e. The number of likely N-dealkylation sites (tertiary alicyclic amines) is 1. The van der Waals surface area contributed by atoms with Gasteiger partial charge in [0.2, 0.25) is 5.91 Å². The highest BCUT2D eigenvalue weighted by atomic mass is 16.5. The number of amides is 2. The molecule has 2 amide bonds. The van der Waals surface area contributed by atoms with E-state index in [0.29, 0.717) is 23.5 Å². The summed E-state index contributed by atoms with van der Waals surface area (Å²) in [4.78, 5) is 41.7. The number of hydrogen-bond donors (Lipinski definition) is 1. The number of piperidine rings is 1. The standard InChI is InChI=1S/C26H31N3O5/c1-18(2)33-26(32)19-10-12-20(13-11-19)27-24(30)17-29-16-23(25(31)28-14-6-3-7-15-28)34-22-9-5-4-8-21(22)29/h4-5,8-13,18,23H,3,6-7,14-17H2,1-2H3,(H,27,30). The van der Waals surface area contributed by atoms with Gasteiger partial charge >= 0.3 is 5.97 Å². The molecule has 8 heteroatoms. The Bertz CT molecular complexity index is 1030. The highest BCUT2D eigenvalue weighted by Crippen LogP contribution is 2.33. The third-order valence-electron chi connectivity index (χ3n) is 5.89. The van der Waals surface area contributed by atoms with Crippen LogP contribution in [-0.2, 0) is 14.3 Å². The lowest BCUT2D eigenvalue weighted by Gasteiger charge is -2.38. The van der Waals surface area contributed by atoms with Crippen LogP contribution in [0.1, 0.15) is 43.5 Å². The van der Waals surface area contributed by atoms with Crippen LogP contribution in [0.15, 0.2) is 48.5 Å². The fraction of sp³-hybridized carbons (Fsp3) is 0.423. The zero-order chi connectivity index (χ0) is 24.1. The Morgan fingerprint density at radius 2 is 1.74 bits per heavy atom. The minimum atomic E-state index is -0.646. The van der Waals surface area contributed by atoms with Gasteiger partial charge in [-0.05, 0) is 69.5 Å². The van der Waals surface area contributed by atoms with Gasteiger partial charge in [-0.2, -0.15) is 0 Å². The lowest BCUT2D eigenvalue weighted by atomic mass is 10.1. The van der Waals surface area contributed by atoms with E-state index in [1.165, 1.54) is 0 Å². The summed E-state index contributed by atoms with van der Waals surface area (Å²) in [5.41, 5.74) is 1.79. The maximum Gasteiger partial charge on any atom is 0.338 e. The number of nitrogens with one attached hydrogen (secondary N) is 1. The van der Waals surface area contributed by atoms with E-state index in [1.807, 2.05) is 34.1 Å². The van der Waals surface area contributed by atoms with Crippen molar-refractivity contribution in [3.8, 4) is 5.75 Å². The molecule has 0 bridgehead atoms. The Kier molecular flexibility index (Phi) is 7.35. The number of rotatable bonds is 6. The molecule has 0 radical (unpaired) electrons. The van der Waals surface area contributed by atoms with E-state index in [-0.39, 0.29) is 24.5 Å². The van der Waals surface area contributed by atoms with Crippen molar-refractivity contribution in [1.82, 2.24) is 4.90 Å². The van der Waals surface area contributed by atoms with Gasteiger partial charge in [-0.1, -0.05) is 12.1 Å². The van der Waals surface area contributed by atoms with E-state index in [4.69, 9.17) is 9.47 Å². The van der Waals surface area contributed by atoms with Gasteiger partial charge in [0.1, 0.15) is 5.75 Å². The first-order chi connectivity index (χ1) is 16.4. The number of anilines is 2. The van der Waals surface area contributed by atoms with Crippen molar-refractivity contribution >= 4 is 29.2 Å². The lowest BCUT2D eigenvalue weighted by molar-refractivity contribution is -0.139. The van der Waals surface area contributed by atoms with Crippen LogP contribution in [0.3, 0.4) is 0 Å². The molecule has 0 saturated carbocycles. The van der Waals surface area contributed by atoms with Gasteiger partial charge in [-0.3, -0.25) is 9.59 Å². The minimum absolute atomic E-state index is 0.0246. The molecule has 1 unspecified atom stereocenters. The molecule has 2 aromatic rings. The zero-order valence-electron chi connectivity index (χ0n) is 19.7. The molecule has 2 aliphatic rings. The summed E-state index contributed by atoms with van der Waals surface area (Å²) < 4.78 is 11.2. The van der Waals surface area contributed by atoms with Crippen molar-refractivity contribution in [2.45, 2.75) is 45.3 Å². The molecule has 0 aliphatic carbocycles. The molecule has 2 heterocycles. The fourth-order valence-corrected chi connectivity index (χ4v) is 4.25. The second-order valence-corrected chi connectivity index (χ2v) is 8.92. The maximum atomic E-state index is 13.1. The molecule has 8 nitrogen and oxygen atoms in total. The number of nitrogens with zero attached hydrogens (tertiary/aromatic N) is 2. The predicted molar refractivity (Wildman–Crippen MR) is 129 cm³/mol. The van der Waals surface area contributed by atoms with Crippen molar-refractivity contribution in [2.24, 2.45) is 0 Å². The molecule has 1 atom stereocenters. The van der Waals surface area contributed by atoms with Gasteiger partial charge in [0.05, 0.1) is 30.4 Å². The third-order valence-corrected chi connectivity index (χ3v) is 5.89. The Balaban J connectivity index is 1.41. The molecule has 2 aromatic carbocycles. The molecule has 2 aliphatic heterocycles. The SMILES string of the molecule is CC(C)OC(=O)c1ccc(NC(=O)CN2CC(C(=O)N3CCCCC3)Oc3ccccc32)cc1. The van der Waals surface area contributed by atoms with Crippen LogP contribution in [0.25, 0.3) is 0 Å².